The van der Waals surface area contributed by atoms with E-state index in [1.165, 1.54) is 0 Å². The molecular weight excluding hydrogens is 178 g/mol. The molecule has 0 aromatic carbocycles. The monoisotopic (exact) mass is 199 g/mol. The first-order valence-corrected chi connectivity index (χ1v) is 5.44. The minimum atomic E-state index is -0.0707. The largest absolute Gasteiger partial charge is 0.462 e. The number of likely N-dealkylation sites (tertiary alicyclic amines) is 1. The van der Waals surface area contributed by atoms with Crippen LogP contribution >= 0.6 is 0 Å². The minimum absolute atomic E-state index is 0.0707. The summed E-state index contributed by atoms with van der Waals surface area (Å²) in [7, 11) is 2.12. The molecule has 0 N–H and O–H groups in total. The second-order valence-electron chi connectivity index (χ2n) is 4.38. The van der Waals surface area contributed by atoms with Gasteiger partial charge in [0.15, 0.2) is 0 Å². The quantitative estimate of drug-likeness (QED) is 0.634. The fraction of sp³-hybridized carbons (Fsp3) is 0.909. The van der Waals surface area contributed by atoms with Crippen LogP contribution in [0.25, 0.3) is 0 Å². The number of piperidine rings is 1. The molecule has 0 aromatic heterocycles. The normalized spacial score (nSPS) is 34.1. The lowest BCUT2D eigenvalue weighted by molar-refractivity contribution is -0.155. The van der Waals surface area contributed by atoms with E-state index in [2.05, 4.69) is 25.8 Å². The van der Waals surface area contributed by atoms with Crippen molar-refractivity contribution in [3.05, 3.63) is 0 Å². The van der Waals surface area contributed by atoms with Crippen LogP contribution in [-0.4, -0.2) is 36.6 Å². The SMILES string of the molecule is CCC(=O)OC1CC(C)N(C)CC1C. The summed E-state index contributed by atoms with van der Waals surface area (Å²) < 4.78 is 5.41. The van der Waals surface area contributed by atoms with Crippen molar-refractivity contribution in [3.8, 4) is 0 Å². The van der Waals surface area contributed by atoms with Gasteiger partial charge in [-0.1, -0.05) is 13.8 Å². The van der Waals surface area contributed by atoms with Gasteiger partial charge in [0.1, 0.15) is 6.10 Å². The van der Waals surface area contributed by atoms with Crippen LogP contribution in [0.4, 0.5) is 0 Å². The Morgan fingerprint density at radius 1 is 1.50 bits per heavy atom. The average molecular weight is 199 g/mol. The molecule has 0 radical (unpaired) electrons. The molecule has 3 heteroatoms. The molecule has 14 heavy (non-hydrogen) atoms. The summed E-state index contributed by atoms with van der Waals surface area (Å²) in [4.78, 5) is 13.5. The highest BCUT2D eigenvalue weighted by Gasteiger charge is 2.31. The molecule has 3 nitrogen and oxygen atoms in total. The second kappa shape index (κ2) is 4.78. The van der Waals surface area contributed by atoms with Gasteiger partial charge in [-0.05, 0) is 20.4 Å². The number of hydrogen-bond donors (Lipinski definition) is 0. The maximum atomic E-state index is 11.2. The van der Waals surface area contributed by atoms with Crippen LogP contribution in [0.5, 0.6) is 0 Å². The Kier molecular flexibility index (Phi) is 3.93. The number of hydrogen-bond acceptors (Lipinski definition) is 3. The van der Waals surface area contributed by atoms with Crippen LogP contribution in [0.1, 0.15) is 33.6 Å². The number of ether oxygens (including phenoxy) is 1. The van der Waals surface area contributed by atoms with Crippen LogP contribution < -0.4 is 0 Å². The standard InChI is InChI=1S/C11H21NO2/c1-5-11(13)14-10-6-9(3)12(4)7-8(10)2/h8-10H,5-7H2,1-4H3. The first-order chi connectivity index (χ1) is 6.54. The van der Waals surface area contributed by atoms with Crippen molar-refractivity contribution >= 4 is 5.97 Å². The summed E-state index contributed by atoms with van der Waals surface area (Å²) in [6, 6.07) is 0.515. The molecule has 3 unspecified atom stereocenters. The molecule has 1 aliphatic rings. The van der Waals surface area contributed by atoms with Crippen molar-refractivity contribution in [2.45, 2.75) is 45.8 Å². The van der Waals surface area contributed by atoms with E-state index in [0.29, 0.717) is 18.4 Å². The van der Waals surface area contributed by atoms with E-state index < -0.39 is 0 Å². The highest BCUT2D eigenvalue weighted by atomic mass is 16.5. The molecule has 1 rings (SSSR count). The van der Waals surface area contributed by atoms with Crippen molar-refractivity contribution in [3.63, 3.8) is 0 Å². The van der Waals surface area contributed by atoms with Crippen LogP contribution in [0.15, 0.2) is 0 Å². The Hall–Kier alpha value is -0.570. The minimum Gasteiger partial charge on any atom is -0.462 e. The van der Waals surface area contributed by atoms with E-state index in [-0.39, 0.29) is 12.1 Å². The Morgan fingerprint density at radius 2 is 2.14 bits per heavy atom. The lowest BCUT2D eigenvalue weighted by Gasteiger charge is -2.38. The third-order valence-corrected chi connectivity index (χ3v) is 3.11. The molecular formula is C11H21NO2. The van der Waals surface area contributed by atoms with E-state index in [9.17, 15) is 4.79 Å². The number of esters is 1. The van der Waals surface area contributed by atoms with Gasteiger partial charge >= 0.3 is 5.97 Å². The van der Waals surface area contributed by atoms with Gasteiger partial charge in [-0.2, -0.15) is 0 Å². The van der Waals surface area contributed by atoms with Gasteiger partial charge < -0.3 is 9.64 Å². The molecule has 0 bridgehead atoms. The van der Waals surface area contributed by atoms with Gasteiger partial charge in [0.05, 0.1) is 0 Å². The highest BCUT2D eigenvalue weighted by molar-refractivity contribution is 5.69. The lowest BCUT2D eigenvalue weighted by atomic mass is 9.92. The zero-order valence-corrected chi connectivity index (χ0v) is 9.62. The van der Waals surface area contributed by atoms with Gasteiger partial charge in [-0.3, -0.25) is 4.79 Å². The summed E-state index contributed by atoms with van der Waals surface area (Å²) in [5, 5.41) is 0. The molecule has 0 amide bonds. The maximum absolute atomic E-state index is 11.2. The fourth-order valence-electron chi connectivity index (χ4n) is 1.92. The predicted molar refractivity (Wildman–Crippen MR) is 56.0 cm³/mol. The Bertz CT molecular complexity index is 205. The fourth-order valence-corrected chi connectivity index (χ4v) is 1.92. The zero-order valence-electron chi connectivity index (χ0n) is 9.62. The summed E-state index contributed by atoms with van der Waals surface area (Å²) in [6.07, 6.45) is 1.56. The number of carbonyl (C=O) groups excluding carboxylic acids is 1. The van der Waals surface area contributed by atoms with Crippen molar-refractivity contribution in [2.24, 2.45) is 5.92 Å². The van der Waals surface area contributed by atoms with Crippen molar-refractivity contribution in [1.29, 1.82) is 0 Å². The summed E-state index contributed by atoms with van der Waals surface area (Å²) in [5.74, 6) is 0.380. The summed E-state index contributed by atoms with van der Waals surface area (Å²) >= 11 is 0. The van der Waals surface area contributed by atoms with E-state index in [4.69, 9.17) is 4.74 Å². The van der Waals surface area contributed by atoms with Crippen molar-refractivity contribution in [2.75, 3.05) is 13.6 Å². The topological polar surface area (TPSA) is 29.5 Å². The Labute approximate surface area is 86.4 Å². The molecule has 1 saturated heterocycles. The average Bonchev–Trinajstić information content (AvgIpc) is 2.14. The van der Waals surface area contributed by atoms with Crippen molar-refractivity contribution < 1.29 is 9.53 Å². The second-order valence-corrected chi connectivity index (χ2v) is 4.38. The van der Waals surface area contributed by atoms with E-state index in [1.54, 1.807) is 0 Å². The highest BCUT2D eigenvalue weighted by Crippen LogP contribution is 2.23. The van der Waals surface area contributed by atoms with E-state index in [0.717, 1.165) is 13.0 Å². The molecule has 0 spiro atoms. The summed E-state index contributed by atoms with van der Waals surface area (Å²) in [5.41, 5.74) is 0. The molecule has 0 aromatic rings. The number of carbonyl (C=O) groups is 1. The Balaban J connectivity index is 2.48. The van der Waals surface area contributed by atoms with Gasteiger partial charge in [0.25, 0.3) is 0 Å². The maximum Gasteiger partial charge on any atom is 0.305 e. The molecule has 3 atom stereocenters. The Morgan fingerprint density at radius 3 is 2.71 bits per heavy atom. The van der Waals surface area contributed by atoms with E-state index >= 15 is 0 Å². The van der Waals surface area contributed by atoms with Crippen LogP contribution in [0, 0.1) is 5.92 Å². The third kappa shape index (κ3) is 2.71. The number of rotatable bonds is 2. The smallest absolute Gasteiger partial charge is 0.305 e. The summed E-state index contributed by atoms with van der Waals surface area (Å²) in [6.45, 7) is 7.18. The lowest BCUT2D eigenvalue weighted by Crippen LogP contribution is -2.46. The molecule has 0 saturated carbocycles. The number of nitrogens with zero attached hydrogens (tertiary/aromatic N) is 1. The van der Waals surface area contributed by atoms with Gasteiger partial charge in [0, 0.05) is 24.9 Å². The predicted octanol–water partition coefficient (Wildman–Crippen LogP) is 1.67. The molecule has 82 valence electrons. The molecule has 0 aliphatic carbocycles. The molecule has 1 aliphatic heterocycles. The molecule has 1 fully saturated rings. The molecule has 1 heterocycles. The van der Waals surface area contributed by atoms with E-state index in [1.807, 2.05) is 6.92 Å². The zero-order chi connectivity index (χ0) is 10.7. The first kappa shape index (κ1) is 11.5. The van der Waals surface area contributed by atoms with Gasteiger partial charge in [-0.15, -0.1) is 0 Å². The first-order valence-electron chi connectivity index (χ1n) is 5.44. The van der Waals surface area contributed by atoms with Crippen LogP contribution in [0.2, 0.25) is 0 Å². The van der Waals surface area contributed by atoms with Gasteiger partial charge in [0.2, 0.25) is 0 Å². The van der Waals surface area contributed by atoms with Gasteiger partial charge in [-0.25, -0.2) is 0 Å². The van der Waals surface area contributed by atoms with Crippen LogP contribution in [0.3, 0.4) is 0 Å². The van der Waals surface area contributed by atoms with Crippen LogP contribution in [-0.2, 0) is 9.53 Å². The third-order valence-electron chi connectivity index (χ3n) is 3.11. The van der Waals surface area contributed by atoms with Crippen molar-refractivity contribution in [1.82, 2.24) is 4.90 Å².